The van der Waals surface area contributed by atoms with Crippen LogP contribution >= 0.6 is 0 Å². The Labute approximate surface area is 148 Å². The third-order valence-electron chi connectivity index (χ3n) is 3.90. The maximum absolute atomic E-state index is 12.5. The van der Waals surface area contributed by atoms with Crippen LogP contribution in [0, 0.1) is 6.92 Å². The normalized spacial score (nSPS) is 13.1. The van der Waals surface area contributed by atoms with E-state index in [0.717, 1.165) is 17.7 Å². The average Bonchev–Trinajstić information content (AvgIpc) is 2.99. The molecule has 0 bridgehead atoms. The lowest BCUT2D eigenvalue weighted by Gasteiger charge is -2.21. The molecule has 0 spiro atoms. The number of hydrogen-bond acceptors (Lipinski definition) is 4. The Bertz CT molecular complexity index is 697. The smallest absolute Gasteiger partial charge is 0.243 e. The summed E-state index contributed by atoms with van der Waals surface area (Å²) in [5.41, 5.74) is 1.75. The standard InChI is InChI=1S/C19H25N3O3/c1-4-8-17(21-18(23)12-16-11-13(2)22-25-16)19(24)20-14(3)15-9-6-5-7-10-15/h5-7,9-11,14,17H,4,8,12H2,1-3H3,(H,20,24)(H,21,23)/t14-,17?/m1/s1. The number of aryl methyl sites for hydroxylation is 1. The van der Waals surface area contributed by atoms with Gasteiger partial charge in [0.2, 0.25) is 11.8 Å². The second-order valence-electron chi connectivity index (χ2n) is 6.16. The number of amides is 2. The molecule has 1 heterocycles. The van der Waals surface area contributed by atoms with Crippen LogP contribution in [0.1, 0.15) is 49.7 Å². The Morgan fingerprint density at radius 2 is 1.92 bits per heavy atom. The van der Waals surface area contributed by atoms with Crippen molar-refractivity contribution in [2.45, 2.75) is 52.1 Å². The zero-order chi connectivity index (χ0) is 18.2. The molecule has 2 N–H and O–H groups in total. The summed E-state index contributed by atoms with van der Waals surface area (Å²) in [6.45, 7) is 5.70. The van der Waals surface area contributed by atoms with Gasteiger partial charge in [-0.1, -0.05) is 48.8 Å². The van der Waals surface area contributed by atoms with Gasteiger partial charge >= 0.3 is 0 Å². The van der Waals surface area contributed by atoms with Crippen LogP contribution in [0.5, 0.6) is 0 Å². The molecule has 2 rings (SSSR count). The number of rotatable bonds is 8. The van der Waals surface area contributed by atoms with Gasteiger partial charge in [0, 0.05) is 6.07 Å². The van der Waals surface area contributed by atoms with Gasteiger partial charge in [-0.15, -0.1) is 0 Å². The molecule has 2 atom stereocenters. The van der Waals surface area contributed by atoms with Crippen LogP contribution in [0.4, 0.5) is 0 Å². The highest BCUT2D eigenvalue weighted by Crippen LogP contribution is 2.12. The molecular formula is C19H25N3O3. The minimum atomic E-state index is -0.562. The number of carbonyl (C=O) groups is 2. The predicted molar refractivity (Wildman–Crippen MR) is 94.8 cm³/mol. The number of benzene rings is 1. The van der Waals surface area contributed by atoms with Crippen LogP contribution in [0.2, 0.25) is 0 Å². The molecule has 0 fully saturated rings. The van der Waals surface area contributed by atoms with Crippen LogP contribution in [0.3, 0.4) is 0 Å². The summed E-state index contributed by atoms with van der Waals surface area (Å²) in [4.78, 5) is 24.7. The van der Waals surface area contributed by atoms with Gasteiger partial charge in [0.05, 0.1) is 18.2 Å². The fraction of sp³-hybridized carbons (Fsp3) is 0.421. The van der Waals surface area contributed by atoms with E-state index in [9.17, 15) is 9.59 Å². The summed E-state index contributed by atoms with van der Waals surface area (Å²) >= 11 is 0. The minimum absolute atomic E-state index is 0.0720. The van der Waals surface area contributed by atoms with Crippen LogP contribution in [0.25, 0.3) is 0 Å². The second-order valence-corrected chi connectivity index (χ2v) is 6.16. The van der Waals surface area contributed by atoms with E-state index in [0.29, 0.717) is 12.2 Å². The molecule has 1 unspecified atom stereocenters. The zero-order valence-corrected chi connectivity index (χ0v) is 14.9. The van der Waals surface area contributed by atoms with Crippen LogP contribution in [-0.2, 0) is 16.0 Å². The van der Waals surface area contributed by atoms with Gasteiger partial charge in [0.15, 0.2) is 0 Å². The SMILES string of the molecule is CCCC(NC(=O)Cc1cc(C)no1)C(=O)N[C@H](C)c1ccccc1. The lowest BCUT2D eigenvalue weighted by atomic mass is 10.1. The topological polar surface area (TPSA) is 84.2 Å². The van der Waals surface area contributed by atoms with E-state index in [1.54, 1.807) is 13.0 Å². The maximum Gasteiger partial charge on any atom is 0.243 e. The molecule has 25 heavy (non-hydrogen) atoms. The van der Waals surface area contributed by atoms with Gasteiger partial charge in [-0.25, -0.2) is 0 Å². The largest absolute Gasteiger partial charge is 0.361 e. The summed E-state index contributed by atoms with van der Waals surface area (Å²) < 4.78 is 5.05. The van der Waals surface area contributed by atoms with E-state index in [2.05, 4.69) is 15.8 Å². The summed E-state index contributed by atoms with van der Waals surface area (Å²) in [7, 11) is 0. The first-order valence-corrected chi connectivity index (χ1v) is 8.56. The van der Waals surface area contributed by atoms with E-state index in [-0.39, 0.29) is 24.3 Å². The Morgan fingerprint density at radius 1 is 1.20 bits per heavy atom. The van der Waals surface area contributed by atoms with E-state index >= 15 is 0 Å². The molecule has 0 aliphatic carbocycles. The number of nitrogens with one attached hydrogen (secondary N) is 2. The molecular weight excluding hydrogens is 318 g/mol. The number of carbonyl (C=O) groups excluding carboxylic acids is 2. The van der Waals surface area contributed by atoms with Crippen molar-refractivity contribution in [3.63, 3.8) is 0 Å². The Hall–Kier alpha value is -2.63. The van der Waals surface area contributed by atoms with Crippen LogP contribution in [0.15, 0.2) is 40.9 Å². The van der Waals surface area contributed by atoms with Crippen molar-refractivity contribution in [3.8, 4) is 0 Å². The molecule has 134 valence electrons. The van der Waals surface area contributed by atoms with Gasteiger partial charge in [0.1, 0.15) is 11.8 Å². The summed E-state index contributed by atoms with van der Waals surface area (Å²) in [6, 6.07) is 10.8. The van der Waals surface area contributed by atoms with Crippen molar-refractivity contribution in [3.05, 3.63) is 53.4 Å². The van der Waals surface area contributed by atoms with Crippen molar-refractivity contribution in [2.75, 3.05) is 0 Å². The molecule has 2 aromatic rings. The second kappa shape index (κ2) is 9.01. The third-order valence-corrected chi connectivity index (χ3v) is 3.90. The lowest BCUT2D eigenvalue weighted by molar-refractivity contribution is -0.129. The lowest BCUT2D eigenvalue weighted by Crippen LogP contribution is -2.47. The van der Waals surface area contributed by atoms with Gasteiger partial charge in [-0.05, 0) is 25.8 Å². The van der Waals surface area contributed by atoms with Gasteiger partial charge in [-0.2, -0.15) is 0 Å². The molecule has 0 aliphatic rings. The monoisotopic (exact) mass is 343 g/mol. The first-order valence-electron chi connectivity index (χ1n) is 8.56. The Kier molecular flexibility index (Phi) is 6.74. The molecule has 0 saturated carbocycles. The van der Waals surface area contributed by atoms with Crippen LogP contribution in [-0.4, -0.2) is 23.0 Å². The van der Waals surface area contributed by atoms with Crippen LogP contribution < -0.4 is 10.6 Å². The van der Waals surface area contributed by atoms with Crippen molar-refractivity contribution < 1.29 is 14.1 Å². The first-order chi connectivity index (χ1) is 12.0. The fourth-order valence-corrected chi connectivity index (χ4v) is 2.60. The van der Waals surface area contributed by atoms with Crippen molar-refractivity contribution in [2.24, 2.45) is 0 Å². The summed E-state index contributed by atoms with van der Waals surface area (Å²) in [5.74, 6) is 0.0562. The summed E-state index contributed by atoms with van der Waals surface area (Å²) in [5, 5.41) is 9.52. The molecule has 6 nitrogen and oxygen atoms in total. The maximum atomic E-state index is 12.5. The van der Waals surface area contributed by atoms with Crippen molar-refractivity contribution in [1.29, 1.82) is 0 Å². The number of aromatic nitrogens is 1. The van der Waals surface area contributed by atoms with E-state index in [1.165, 1.54) is 0 Å². The molecule has 6 heteroatoms. The van der Waals surface area contributed by atoms with Crippen molar-refractivity contribution >= 4 is 11.8 Å². The van der Waals surface area contributed by atoms with E-state index in [4.69, 9.17) is 4.52 Å². The van der Waals surface area contributed by atoms with Crippen molar-refractivity contribution in [1.82, 2.24) is 15.8 Å². The molecule has 1 aromatic carbocycles. The average molecular weight is 343 g/mol. The molecule has 0 radical (unpaired) electrons. The molecule has 2 amide bonds. The van der Waals surface area contributed by atoms with E-state index < -0.39 is 6.04 Å². The highest BCUT2D eigenvalue weighted by molar-refractivity contribution is 5.88. The summed E-state index contributed by atoms with van der Waals surface area (Å²) in [6.07, 6.45) is 1.44. The highest BCUT2D eigenvalue weighted by atomic mass is 16.5. The molecule has 1 aromatic heterocycles. The van der Waals surface area contributed by atoms with Gasteiger partial charge in [0.25, 0.3) is 0 Å². The predicted octanol–water partition coefficient (Wildman–Crippen LogP) is 2.69. The van der Waals surface area contributed by atoms with E-state index in [1.807, 2.05) is 44.2 Å². The first kappa shape index (κ1) is 18.7. The molecule has 0 saturated heterocycles. The minimum Gasteiger partial charge on any atom is -0.361 e. The van der Waals surface area contributed by atoms with Gasteiger partial charge < -0.3 is 15.2 Å². The fourth-order valence-electron chi connectivity index (χ4n) is 2.60. The number of hydrogen-bond donors (Lipinski definition) is 2. The Balaban J connectivity index is 1.94. The third kappa shape index (κ3) is 5.74. The zero-order valence-electron chi connectivity index (χ0n) is 14.9. The molecule has 0 aliphatic heterocycles. The Morgan fingerprint density at radius 3 is 2.52 bits per heavy atom. The van der Waals surface area contributed by atoms with Gasteiger partial charge in [-0.3, -0.25) is 9.59 Å². The highest BCUT2D eigenvalue weighted by Gasteiger charge is 2.22. The number of nitrogens with zero attached hydrogens (tertiary/aromatic N) is 1. The quantitative estimate of drug-likeness (QED) is 0.772.